The van der Waals surface area contributed by atoms with Crippen molar-refractivity contribution in [3.8, 4) is 0 Å². The van der Waals surface area contributed by atoms with Gasteiger partial charge in [-0.3, -0.25) is 4.79 Å². The predicted octanol–water partition coefficient (Wildman–Crippen LogP) is 2.28. The van der Waals surface area contributed by atoms with Crippen LogP contribution in [-0.4, -0.2) is 37.0 Å². The van der Waals surface area contributed by atoms with Gasteiger partial charge in [-0.1, -0.05) is 0 Å². The second-order valence-corrected chi connectivity index (χ2v) is 4.76. The molecule has 1 N–H and O–H groups in total. The van der Waals surface area contributed by atoms with Gasteiger partial charge in [0.05, 0.1) is 5.56 Å². The quantitative estimate of drug-likeness (QED) is 0.848. The molecule has 0 bridgehead atoms. The molecule has 0 saturated carbocycles. The molecule has 110 valence electrons. The zero-order valence-corrected chi connectivity index (χ0v) is 10.8. The van der Waals surface area contributed by atoms with Crippen LogP contribution < -0.4 is 5.32 Å². The Labute approximate surface area is 113 Å². The SMILES string of the molecule is CN(C(=O)c1ccc(F)c(C(F)(F)F)c1)[C@H]1CCNC1. The van der Waals surface area contributed by atoms with Gasteiger partial charge in [0.15, 0.2) is 0 Å². The van der Waals surface area contributed by atoms with Crippen molar-refractivity contribution >= 4 is 5.91 Å². The fourth-order valence-electron chi connectivity index (χ4n) is 2.21. The van der Waals surface area contributed by atoms with Crippen molar-refractivity contribution in [3.63, 3.8) is 0 Å². The first-order chi connectivity index (χ1) is 9.30. The summed E-state index contributed by atoms with van der Waals surface area (Å²) in [5.74, 6) is -1.91. The molecular formula is C13H14F4N2O. The molecule has 7 heteroatoms. The number of carbonyl (C=O) groups excluding carboxylic acids is 1. The standard InChI is InChI=1S/C13H14F4N2O/c1-19(9-4-5-18-7-9)12(20)8-2-3-11(14)10(6-8)13(15,16)17/h2-3,6,9,18H,4-5,7H2,1H3/t9-/m0/s1. The van der Waals surface area contributed by atoms with E-state index in [4.69, 9.17) is 0 Å². The monoisotopic (exact) mass is 290 g/mol. The van der Waals surface area contributed by atoms with Crippen LogP contribution in [0.1, 0.15) is 22.3 Å². The Morgan fingerprint density at radius 2 is 2.10 bits per heavy atom. The van der Waals surface area contributed by atoms with Gasteiger partial charge in [0.2, 0.25) is 0 Å². The second-order valence-electron chi connectivity index (χ2n) is 4.76. The van der Waals surface area contributed by atoms with Crippen LogP contribution >= 0.6 is 0 Å². The number of rotatable bonds is 2. The molecule has 1 aromatic carbocycles. The lowest BCUT2D eigenvalue weighted by Gasteiger charge is -2.24. The van der Waals surface area contributed by atoms with E-state index in [1.807, 2.05) is 0 Å². The molecule has 1 amide bonds. The second kappa shape index (κ2) is 5.40. The summed E-state index contributed by atoms with van der Waals surface area (Å²) in [5.41, 5.74) is -1.57. The van der Waals surface area contributed by atoms with Crippen molar-refractivity contribution in [3.05, 3.63) is 35.1 Å². The van der Waals surface area contributed by atoms with Gasteiger partial charge in [0, 0.05) is 25.2 Å². The molecule has 0 aromatic heterocycles. The molecule has 2 rings (SSSR count). The summed E-state index contributed by atoms with van der Waals surface area (Å²) in [4.78, 5) is 13.5. The average molecular weight is 290 g/mol. The smallest absolute Gasteiger partial charge is 0.337 e. The average Bonchev–Trinajstić information content (AvgIpc) is 2.90. The molecule has 20 heavy (non-hydrogen) atoms. The van der Waals surface area contributed by atoms with Crippen molar-refractivity contribution in [1.82, 2.24) is 10.2 Å². The van der Waals surface area contributed by atoms with Crippen LogP contribution in [0.15, 0.2) is 18.2 Å². The van der Waals surface area contributed by atoms with Crippen LogP contribution in [0.2, 0.25) is 0 Å². The maximum Gasteiger partial charge on any atom is 0.419 e. The first-order valence-electron chi connectivity index (χ1n) is 6.15. The van der Waals surface area contributed by atoms with Crippen LogP contribution in [0.4, 0.5) is 17.6 Å². The van der Waals surface area contributed by atoms with Gasteiger partial charge in [-0.15, -0.1) is 0 Å². The van der Waals surface area contributed by atoms with Crippen LogP contribution in [0.25, 0.3) is 0 Å². The third-order valence-electron chi connectivity index (χ3n) is 3.42. The molecule has 1 heterocycles. The Bertz CT molecular complexity index is 510. The topological polar surface area (TPSA) is 32.3 Å². The summed E-state index contributed by atoms with van der Waals surface area (Å²) >= 11 is 0. The Morgan fingerprint density at radius 1 is 1.40 bits per heavy atom. The number of hydrogen-bond acceptors (Lipinski definition) is 2. The summed E-state index contributed by atoms with van der Waals surface area (Å²) in [5, 5.41) is 3.07. The number of amides is 1. The van der Waals surface area contributed by atoms with Gasteiger partial charge in [-0.25, -0.2) is 4.39 Å². The highest BCUT2D eigenvalue weighted by Gasteiger charge is 2.35. The maximum atomic E-state index is 13.2. The molecule has 3 nitrogen and oxygen atoms in total. The minimum atomic E-state index is -4.81. The van der Waals surface area contributed by atoms with Gasteiger partial charge in [-0.2, -0.15) is 13.2 Å². The number of nitrogens with one attached hydrogen (secondary N) is 1. The van der Waals surface area contributed by atoms with Crippen LogP contribution in [0, 0.1) is 5.82 Å². The van der Waals surface area contributed by atoms with E-state index in [9.17, 15) is 22.4 Å². The molecule has 0 aliphatic carbocycles. The number of alkyl halides is 3. The summed E-state index contributed by atoms with van der Waals surface area (Å²) in [7, 11) is 1.54. The molecule has 1 aromatic rings. The number of halogens is 4. The van der Waals surface area contributed by atoms with E-state index >= 15 is 0 Å². The van der Waals surface area contributed by atoms with Gasteiger partial charge < -0.3 is 10.2 Å². The molecule has 1 fully saturated rings. The molecule has 1 atom stereocenters. The van der Waals surface area contributed by atoms with Crippen molar-refractivity contribution in [2.75, 3.05) is 20.1 Å². The molecule has 0 radical (unpaired) electrons. The lowest BCUT2D eigenvalue weighted by atomic mass is 10.1. The van der Waals surface area contributed by atoms with Crippen molar-refractivity contribution in [2.24, 2.45) is 0 Å². The van der Waals surface area contributed by atoms with E-state index in [0.717, 1.165) is 19.0 Å². The number of nitrogens with zero attached hydrogens (tertiary/aromatic N) is 1. The van der Waals surface area contributed by atoms with E-state index in [1.165, 1.54) is 11.9 Å². The van der Waals surface area contributed by atoms with Crippen LogP contribution in [-0.2, 0) is 6.18 Å². The first kappa shape index (κ1) is 14.8. The fourth-order valence-corrected chi connectivity index (χ4v) is 2.21. The lowest BCUT2D eigenvalue weighted by molar-refractivity contribution is -0.140. The van der Waals surface area contributed by atoms with Crippen molar-refractivity contribution in [1.29, 1.82) is 0 Å². The van der Waals surface area contributed by atoms with Crippen LogP contribution in [0.5, 0.6) is 0 Å². The maximum absolute atomic E-state index is 13.2. The first-order valence-corrected chi connectivity index (χ1v) is 6.15. The Morgan fingerprint density at radius 3 is 2.65 bits per heavy atom. The van der Waals surface area contributed by atoms with Gasteiger partial charge >= 0.3 is 6.18 Å². The Balaban J connectivity index is 2.26. The summed E-state index contributed by atoms with van der Waals surface area (Å²) in [6.45, 7) is 1.37. The normalized spacial score (nSPS) is 19.1. The van der Waals surface area contributed by atoms with Gasteiger partial charge in [-0.05, 0) is 31.2 Å². The molecule has 1 aliphatic rings. The highest BCUT2D eigenvalue weighted by atomic mass is 19.4. The van der Waals surface area contributed by atoms with Gasteiger partial charge in [0.25, 0.3) is 5.91 Å². The minimum absolute atomic E-state index is 0.0538. The third kappa shape index (κ3) is 2.92. The van der Waals surface area contributed by atoms with Crippen molar-refractivity contribution in [2.45, 2.75) is 18.6 Å². The van der Waals surface area contributed by atoms with E-state index in [0.29, 0.717) is 18.7 Å². The van der Waals surface area contributed by atoms with Crippen molar-refractivity contribution < 1.29 is 22.4 Å². The predicted molar refractivity (Wildman–Crippen MR) is 64.8 cm³/mol. The number of benzene rings is 1. The number of likely N-dealkylation sites (N-methyl/N-ethyl adjacent to an activating group) is 1. The van der Waals surface area contributed by atoms with Gasteiger partial charge in [0.1, 0.15) is 5.82 Å². The molecular weight excluding hydrogens is 276 g/mol. The minimum Gasteiger partial charge on any atom is -0.337 e. The third-order valence-corrected chi connectivity index (χ3v) is 3.42. The van der Waals surface area contributed by atoms with E-state index in [1.54, 1.807) is 0 Å². The van der Waals surface area contributed by atoms with E-state index in [-0.39, 0.29) is 11.6 Å². The van der Waals surface area contributed by atoms with Crippen LogP contribution in [0.3, 0.4) is 0 Å². The highest BCUT2D eigenvalue weighted by molar-refractivity contribution is 5.94. The largest absolute Gasteiger partial charge is 0.419 e. The molecule has 0 spiro atoms. The lowest BCUT2D eigenvalue weighted by Crippen LogP contribution is -2.38. The molecule has 0 unspecified atom stereocenters. The molecule has 1 saturated heterocycles. The summed E-state index contributed by atoms with van der Waals surface area (Å²) in [6.07, 6.45) is -4.07. The zero-order chi connectivity index (χ0) is 14.9. The summed E-state index contributed by atoms with van der Waals surface area (Å²) in [6, 6.07) is 2.26. The fraction of sp³-hybridized carbons (Fsp3) is 0.462. The van der Waals surface area contributed by atoms with E-state index < -0.39 is 23.5 Å². The Hall–Kier alpha value is -1.63. The number of hydrogen-bond donors (Lipinski definition) is 1. The van der Waals surface area contributed by atoms with E-state index in [2.05, 4.69) is 5.32 Å². The Kier molecular flexibility index (Phi) is 3.99. The highest BCUT2D eigenvalue weighted by Crippen LogP contribution is 2.32. The number of carbonyl (C=O) groups is 1. The summed E-state index contributed by atoms with van der Waals surface area (Å²) < 4.78 is 51.0. The molecule has 1 aliphatic heterocycles. The zero-order valence-electron chi connectivity index (χ0n) is 10.8.